The van der Waals surface area contributed by atoms with E-state index in [4.69, 9.17) is 4.74 Å². The van der Waals surface area contributed by atoms with Gasteiger partial charge in [-0.25, -0.2) is 0 Å². The first-order valence-electron chi connectivity index (χ1n) is 5.45. The molecule has 0 amide bonds. The summed E-state index contributed by atoms with van der Waals surface area (Å²) in [6.07, 6.45) is 2.00. The molecule has 0 radical (unpaired) electrons. The van der Waals surface area contributed by atoms with Gasteiger partial charge in [0.2, 0.25) is 0 Å². The van der Waals surface area contributed by atoms with Crippen LogP contribution in [0.3, 0.4) is 0 Å². The third kappa shape index (κ3) is 3.54. The maximum absolute atomic E-state index is 5.12. The van der Waals surface area contributed by atoms with Gasteiger partial charge in [-0.1, -0.05) is 12.1 Å². The van der Waals surface area contributed by atoms with E-state index >= 15 is 0 Å². The molecule has 0 aliphatic carbocycles. The molecular weight excluding hydrogens is 232 g/mol. The molecule has 1 aromatic carbocycles. The molecule has 1 heterocycles. The number of aryl methyl sites for hydroxylation is 1. The minimum Gasteiger partial charge on any atom is -0.497 e. The van der Waals surface area contributed by atoms with E-state index in [1.165, 1.54) is 16.2 Å². The molecule has 17 heavy (non-hydrogen) atoms. The van der Waals surface area contributed by atoms with Crippen LogP contribution in [0.25, 0.3) is 0 Å². The summed E-state index contributed by atoms with van der Waals surface area (Å²) < 4.78 is 8.44. The van der Waals surface area contributed by atoms with Gasteiger partial charge >= 0.3 is 0 Å². The second-order valence-electron chi connectivity index (χ2n) is 3.79. The highest BCUT2D eigenvalue weighted by Crippen LogP contribution is 2.16. The van der Waals surface area contributed by atoms with Crippen molar-refractivity contribution in [1.82, 2.24) is 9.71 Å². The number of aromatic amines is 1. The lowest BCUT2D eigenvalue weighted by molar-refractivity contribution is 0.414. The van der Waals surface area contributed by atoms with Gasteiger partial charge < -0.3 is 9.72 Å². The fourth-order valence-corrected chi connectivity index (χ4v) is 2.25. The summed E-state index contributed by atoms with van der Waals surface area (Å²) in [5.41, 5.74) is 2.42. The van der Waals surface area contributed by atoms with Gasteiger partial charge in [0, 0.05) is 23.3 Å². The highest BCUT2D eigenvalue weighted by atomic mass is 32.2. The van der Waals surface area contributed by atoms with E-state index in [9.17, 15) is 0 Å². The van der Waals surface area contributed by atoms with Crippen LogP contribution in [0.4, 0.5) is 0 Å². The van der Waals surface area contributed by atoms with Crippen molar-refractivity contribution in [2.75, 3.05) is 7.11 Å². The van der Waals surface area contributed by atoms with Crippen molar-refractivity contribution in [1.29, 1.82) is 0 Å². The molecule has 1 aromatic heterocycles. The van der Waals surface area contributed by atoms with Crippen LogP contribution in [0.5, 0.6) is 5.75 Å². The van der Waals surface area contributed by atoms with Crippen molar-refractivity contribution in [2.24, 2.45) is 0 Å². The molecule has 0 aliphatic rings. The van der Waals surface area contributed by atoms with Gasteiger partial charge in [0.05, 0.1) is 7.11 Å². The van der Waals surface area contributed by atoms with Gasteiger partial charge in [-0.2, -0.15) is 0 Å². The molecule has 4 heteroatoms. The van der Waals surface area contributed by atoms with Crippen molar-refractivity contribution in [3.63, 3.8) is 0 Å². The number of benzene rings is 1. The number of rotatable bonds is 5. The standard InChI is InChI=1S/C13H16N2OS/c1-10-7-13(9-14-10)17-15-8-11-3-5-12(16-2)6-4-11/h3-7,9,14-15H,8H2,1-2H3. The van der Waals surface area contributed by atoms with Crippen LogP contribution in [0, 0.1) is 6.92 Å². The van der Waals surface area contributed by atoms with Crippen LogP contribution in [0.15, 0.2) is 41.4 Å². The topological polar surface area (TPSA) is 37.0 Å². The number of nitrogens with one attached hydrogen (secondary N) is 2. The first-order valence-corrected chi connectivity index (χ1v) is 6.27. The van der Waals surface area contributed by atoms with E-state index < -0.39 is 0 Å². The summed E-state index contributed by atoms with van der Waals surface area (Å²) in [4.78, 5) is 4.36. The molecule has 0 atom stereocenters. The summed E-state index contributed by atoms with van der Waals surface area (Å²) >= 11 is 1.63. The van der Waals surface area contributed by atoms with Crippen molar-refractivity contribution in [2.45, 2.75) is 18.4 Å². The molecule has 2 rings (SSSR count). The zero-order chi connectivity index (χ0) is 12.1. The van der Waals surface area contributed by atoms with Gasteiger partial charge in [0.25, 0.3) is 0 Å². The predicted octanol–water partition coefficient (Wildman–Crippen LogP) is 3.13. The smallest absolute Gasteiger partial charge is 0.118 e. The third-order valence-electron chi connectivity index (χ3n) is 2.43. The lowest BCUT2D eigenvalue weighted by atomic mass is 10.2. The Morgan fingerprint density at radius 3 is 2.65 bits per heavy atom. The van der Waals surface area contributed by atoms with E-state index in [1.54, 1.807) is 19.1 Å². The SMILES string of the molecule is COc1ccc(CNSc2c[nH]c(C)c2)cc1. The molecule has 3 nitrogen and oxygen atoms in total. The Morgan fingerprint density at radius 2 is 2.06 bits per heavy atom. The van der Waals surface area contributed by atoms with E-state index in [1.807, 2.05) is 25.3 Å². The largest absolute Gasteiger partial charge is 0.497 e. The van der Waals surface area contributed by atoms with Crippen molar-refractivity contribution >= 4 is 11.9 Å². The van der Waals surface area contributed by atoms with Crippen LogP contribution in [0.2, 0.25) is 0 Å². The van der Waals surface area contributed by atoms with Gasteiger partial charge in [-0.15, -0.1) is 0 Å². The van der Waals surface area contributed by atoms with Gasteiger partial charge in [-0.3, -0.25) is 4.72 Å². The summed E-state index contributed by atoms with van der Waals surface area (Å²) in [5, 5.41) is 0. The van der Waals surface area contributed by atoms with Crippen LogP contribution >= 0.6 is 11.9 Å². The second-order valence-corrected chi connectivity index (χ2v) is 4.75. The van der Waals surface area contributed by atoms with E-state index in [2.05, 4.69) is 27.9 Å². The number of aromatic nitrogens is 1. The Balaban J connectivity index is 1.81. The molecule has 0 aliphatic heterocycles. The predicted molar refractivity (Wildman–Crippen MR) is 71.2 cm³/mol. The highest BCUT2D eigenvalue weighted by molar-refractivity contribution is 7.97. The average molecular weight is 248 g/mol. The number of H-pyrrole nitrogens is 1. The number of ether oxygens (including phenoxy) is 1. The molecule has 0 unspecified atom stereocenters. The quantitative estimate of drug-likeness (QED) is 0.798. The monoisotopic (exact) mass is 248 g/mol. The molecule has 0 fully saturated rings. The molecule has 0 saturated carbocycles. The molecule has 2 N–H and O–H groups in total. The summed E-state index contributed by atoms with van der Waals surface area (Å²) in [6, 6.07) is 10.2. The minimum atomic E-state index is 0.832. The lowest BCUT2D eigenvalue weighted by Gasteiger charge is -2.04. The Bertz CT molecular complexity index is 465. The van der Waals surface area contributed by atoms with E-state index in [0.717, 1.165) is 12.3 Å². The molecular formula is C13H16N2OS. The fourth-order valence-electron chi connectivity index (χ4n) is 1.49. The second kappa shape index (κ2) is 5.80. The maximum atomic E-state index is 5.12. The number of hydrogen-bond acceptors (Lipinski definition) is 3. The average Bonchev–Trinajstić information content (AvgIpc) is 2.76. The minimum absolute atomic E-state index is 0.832. The zero-order valence-electron chi connectivity index (χ0n) is 9.99. The summed E-state index contributed by atoms with van der Waals surface area (Å²) in [7, 11) is 1.68. The van der Waals surface area contributed by atoms with Gasteiger partial charge in [0.1, 0.15) is 5.75 Å². The Kier molecular flexibility index (Phi) is 4.12. The molecule has 2 aromatic rings. The zero-order valence-corrected chi connectivity index (χ0v) is 10.8. The van der Waals surface area contributed by atoms with Crippen LogP contribution < -0.4 is 9.46 Å². The van der Waals surface area contributed by atoms with Crippen LogP contribution in [-0.2, 0) is 6.54 Å². The summed E-state index contributed by atoms with van der Waals surface area (Å²) in [5.74, 6) is 0.891. The van der Waals surface area contributed by atoms with E-state index in [0.29, 0.717) is 0 Å². The molecule has 0 saturated heterocycles. The van der Waals surface area contributed by atoms with Crippen molar-refractivity contribution in [3.05, 3.63) is 47.8 Å². The van der Waals surface area contributed by atoms with Crippen molar-refractivity contribution in [3.8, 4) is 5.75 Å². The van der Waals surface area contributed by atoms with Crippen LogP contribution in [-0.4, -0.2) is 12.1 Å². The molecule has 0 spiro atoms. The van der Waals surface area contributed by atoms with Gasteiger partial charge in [0.15, 0.2) is 0 Å². The molecule has 90 valence electrons. The van der Waals surface area contributed by atoms with Crippen molar-refractivity contribution < 1.29 is 4.74 Å². The Morgan fingerprint density at radius 1 is 1.29 bits per heavy atom. The third-order valence-corrected chi connectivity index (χ3v) is 3.19. The number of hydrogen-bond donors (Lipinski definition) is 2. The van der Waals surface area contributed by atoms with E-state index in [-0.39, 0.29) is 0 Å². The first kappa shape index (κ1) is 12.1. The fraction of sp³-hybridized carbons (Fsp3) is 0.231. The molecule has 0 bridgehead atoms. The first-order chi connectivity index (χ1) is 8.28. The lowest BCUT2D eigenvalue weighted by Crippen LogP contribution is -2.02. The number of methoxy groups -OCH3 is 1. The van der Waals surface area contributed by atoms with Crippen LogP contribution in [0.1, 0.15) is 11.3 Å². The Labute approximate surface area is 106 Å². The van der Waals surface area contributed by atoms with Gasteiger partial charge in [-0.05, 0) is 42.6 Å². The Hall–Kier alpha value is -1.39. The normalized spacial score (nSPS) is 10.5. The summed E-state index contributed by atoms with van der Waals surface area (Å²) in [6.45, 7) is 2.88. The highest BCUT2D eigenvalue weighted by Gasteiger charge is 1.97. The maximum Gasteiger partial charge on any atom is 0.118 e.